The quantitative estimate of drug-likeness (QED) is 0.653. The molecule has 1 atom stereocenters. The second-order valence-electron chi connectivity index (χ2n) is 7.19. The molecule has 1 aromatic heterocycles. The van der Waals surface area contributed by atoms with Crippen LogP contribution in [-0.2, 0) is 14.9 Å². The molecule has 27 heavy (non-hydrogen) atoms. The number of hydrogen-bond acceptors (Lipinski definition) is 7. The molecule has 1 aromatic carbocycles. The van der Waals surface area contributed by atoms with E-state index in [4.69, 9.17) is 15.0 Å². The number of aryl methyl sites for hydroxylation is 1. The summed E-state index contributed by atoms with van der Waals surface area (Å²) in [7, 11) is 1.92. The largest absolute Gasteiger partial charge is 0.450 e. The number of nitrogens with zero attached hydrogens (tertiary/aromatic N) is 2. The lowest BCUT2D eigenvalue weighted by molar-refractivity contribution is -0.122. The minimum Gasteiger partial charge on any atom is -0.450 e. The average Bonchev–Trinajstić information content (AvgIpc) is 3.05. The number of para-hydroxylation sites is 1. The van der Waals surface area contributed by atoms with Crippen molar-refractivity contribution in [3.8, 4) is 0 Å². The first-order chi connectivity index (χ1) is 12.6. The lowest BCUT2D eigenvalue weighted by Gasteiger charge is -2.24. The summed E-state index contributed by atoms with van der Waals surface area (Å²) in [4.78, 5) is 27.0. The van der Waals surface area contributed by atoms with Crippen molar-refractivity contribution in [3.63, 3.8) is 0 Å². The van der Waals surface area contributed by atoms with Crippen LogP contribution in [0.2, 0.25) is 0 Å². The Morgan fingerprint density at radius 1 is 1.33 bits per heavy atom. The van der Waals surface area contributed by atoms with Crippen molar-refractivity contribution >= 4 is 23.3 Å². The second kappa shape index (κ2) is 6.57. The van der Waals surface area contributed by atoms with Gasteiger partial charge >= 0.3 is 5.97 Å². The summed E-state index contributed by atoms with van der Waals surface area (Å²) in [6.45, 7) is 7.24. The zero-order valence-electron chi connectivity index (χ0n) is 16.1. The third-order valence-corrected chi connectivity index (χ3v) is 5.00. The van der Waals surface area contributed by atoms with E-state index in [-0.39, 0.29) is 22.6 Å². The molecule has 3 rings (SSSR count). The highest BCUT2D eigenvalue weighted by atomic mass is 16.5. The molecule has 142 valence electrons. The van der Waals surface area contributed by atoms with Gasteiger partial charge in [-0.2, -0.15) is 0 Å². The number of aromatic nitrogens is 1. The van der Waals surface area contributed by atoms with Crippen molar-refractivity contribution in [3.05, 3.63) is 52.9 Å². The first kappa shape index (κ1) is 18.7. The van der Waals surface area contributed by atoms with E-state index in [1.54, 1.807) is 13.0 Å². The van der Waals surface area contributed by atoms with Gasteiger partial charge in [0.25, 0.3) is 0 Å². The highest BCUT2D eigenvalue weighted by molar-refractivity contribution is 6.00. The normalized spacial score (nSPS) is 17.7. The number of nitrogen functional groups attached to an aromatic ring is 1. The maximum atomic E-state index is 12.7. The third kappa shape index (κ3) is 3.09. The summed E-state index contributed by atoms with van der Waals surface area (Å²) in [6.07, 6.45) is 0.577. The summed E-state index contributed by atoms with van der Waals surface area (Å²) in [5, 5.41) is 3.62. The Balaban J connectivity index is 1.81. The number of allylic oxidation sites excluding steroid dienone is 1. The number of ketones is 1. The smallest absolute Gasteiger partial charge is 0.346 e. The van der Waals surface area contributed by atoms with Crippen LogP contribution in [0, 0.1) is 6.92 Å². The third-order valence-electron chi connectivity index (χ3n) is 5.00. The molecule has 2 N–H and O–H groups in total. The number of likely N-dealkylation sites (N-methyl/N-ethyl adjacent to an activating group) is 1. The predicted molar refractivity (Wildman–Crippen MR) is 101 cm³/mol. The van der Waals surface area contributed by atoms with E-state index in [1.807, 2.05) is 30.1 Å². The molecule has 1 aliphatic heterocycles. The summed E-state index contributed by atoms with van der Waals surface area (Å²) in [6, 6.07) is 8.02. The molecule has 2 heterocycles. The Morgan fingerprint density at radius 2 is 2.00 bits per heavy atom. The Labute approximate surface area is 157 Å². The Morgan fingerprint density at radius 3 is 2.59 bits per heavy atom. The molecule has 0 saturated carbocycles. The molecule has 0 spiro atoms. The van der Waals surface area contributed by atoms with Crippen LogP contribution >= 0.6 is 0 Å². The Bertz CT molecular complexity index is 923. The number of ether oxygens (including phenoxy) is 1. The van der Waals surface area contributed by atoms with Crippen molar-refractivity contribution in [2.24, 2.45) is 0 Å². The number of anilines is 2. The first-order valence-electron chi connectivity index (χ1n) is 8.66. The van der Waals surface area contributed by atoms with Gasteiger partial charge in [-0.1, -0.05) is 37.2 Å². The van der Waals surface area contributed by atoms with Crippen LogP contribution < -0.4 is 10.6 Å². The summed E-state index contributed by atoms with van der Waals surface area (Å²) in [5.41, 5.74) is 8.67. The maximum Gasteiger partial charge on any atom is 0.346 e. The Hall–Kier alpha value is -3.09. The topological polar surface area (TPSA) is 98.7 Å². The highest BCUT2D eigenvalue weighted by Gasteiger charge is 2.39. The van der Waals surface area contributed by atoms with Gasteiger partial charge < -0.3 is 19.9 Å². The van der Waals surface area contributed by atoms with Crippen LogP contribution in [0.1, 0.15) is 42.4 Å². The van der Waals surface area contributed by atoms with E-state index in [9.17, 15) is 9.59 Å². The number of esters is 1. The molecule has 0 bridgehead atoms. The van der Waals surface area contributed by atoms with E-state index in [0.717, 1.165) is 16.9 Å². The van der Waals surface area contributed by atoms with Gasteiger partial charge in [-0.3, -0.25) is 4.79 Å². The van der Waals surface area contributed by atoms with Crippen molar-refractivity contribution in [2.45, 2.75) is 39.2 Å². The fourth-order valence-corrected chi connectivity index (χ4v) is 3.42. The van der Waals surface area contributed by atoms with Gasteiger partial charge in [-0.25, -0.2) is 4.79 Å². The van der Waals surface area contributed by atoms with Gasteiger partial charge in [0.1, 0.15) is 5.56 Å². The minimum atomic E-state index is -0.966. The van der Waals surface area contributed by atoms with Crippen molar-refractivity contribution < 1.29 is 18.8 Å². The van der Waals surface area contributed by atoms with Crippen LogP contribution in [-0.4, -0.2) is 30.1 Å². The van der Waals surface area contributed by atoms with Crippen molar-refractivity contribution in [1.29, 1.82) is 0 Å². The predicted octanol–water partition coefficient (Wildman–Crippen LogP) is 2.99. The zero-order valence-corrected chi connectivity index (χ0v) is 16.1. The van der Waals surface area contributed by atoms with Crippen molar-refractivity contribution in [1.82, 2.24) is 5.16 Å². The number of carbonyl (C=O) groups excluding carboxylic acids is 2. The van der Waals surface area contributed by atoms with Crippen LogP contribution in [0.5, 0.6) is 0 Å². The molecule has 0 saturated heterocycles. The molecular formula is C20H23N3O4. The molecular weight excluding hydrogens is 346 g/mol. The number of benzene rings is 1. The molecule has 0 radical (unpaired) electrons. The van der Waals surface area contributed by atoms with E-state index >= 15 is 0 Å². The molecule has 0 amide bonds. The zero-order chi connectivity index (χ0) is 19.9. The lowest BCUT2D eigenvalue weighted by atomic mass is 9.83. The molecule has 2 aromatic rings. The first-order valence-corrected chi connectivity index (χ1v) is 8.66. The molecule has 7 nitrogen and oxygen atoms in total. The van der Waals surface area contributed by atoms with Crippen LogP contribution in [0.25, 0.3) is 0 Å². The maximum absolute atomic E-state index is 12.7. The summed E-state index contributed by atoms with van der Waals surface area (Å²) in [5.74, 6) is -1.16. The summed E-state index contributed by atoms with van der Waals surface area (Å²) >= 11 is 0. The minimum absolute atomic E-state index is 0.0491. The van der Waals surface area contributed by atoms with Gasteiger partial charge in [0.15, 0.2) is 11.9 Å². The molecule has 7 heteroatoms. The second-order valence-corrected chi connectivity index (χ2v) is 7.19. The fraction of sp³-hybridized carbons (Fsp3) is 0.350. The molecule has 1 aliphatic rings. The van der Waals surface area contributed by atoms with Crippen LogP contribution in [0.3, 0.4) is 0 Å². The van der Waals surface area contributed by atoms with Gasteiger partial charge in [0, 0.05) is 29.9 Å². The number of carbonyl (C=O) groups is 2. The van der Waals surface area contributed by atoms with Crippen LogP contribution in [0.4, 0.5) is 11.6 Å². The van der Waals surface area contributed by atoms with E-state index in [1.165, 1.54) is 6.92 Å². The van der Waals surface area contributed by atoms with Gasteiger partial charge in [0.2, 0.25) is 5.88 Å². The molecule has 0 aliphatic carbocycles. The van der Waals surface area contributed by atoms with E-state index in [0.29, 0.717) is 5.69 Å². The SMILES string of the molecule is Cc1noc(N)c1C(=O)OC(C)C(=O)C=C1N(C)c2ccccc2C1(C)C. The van der Waals surface area contributed by atoms with Crippen LogP contribution in [0.15, 0.2) is 40.6 Å². The van der Waals surface area contributed by atoms with E-state index in [2.05, 4.69) is 25.1 Å². The highest BCUT2D eigenvalue weighted by Crippen LogP contribution is 2.46. The van der Waals surface area contributed by atoms with Gasteiger partial charge in [0.05, 0.1) is 5.69 Å². The van der Waals surface area contributed by atoms with Gasteiger partial charge in [-0.15, -0.1) is 0 Å². The monoisotopic (exact) mass is 369 g/mol. The number of hydrogen-bond donors (Lipinski definition) is 1. The average molecular weight is 369 g/mol. The standard InChI is InChI=1S/C20H23N3O4/c1-11-17(18(21)27-22-11)19(25)26-12(2)15(24)10-16-20(3,4)13-8-6-7-9-14(13)23(16)5/h6-10,12H,21H2,1-5H3. The summed E-state index contributed by atoms with van der Waals surface area (Å²) < 4.78 is 10.0. The number of rotatable bonds is 4. The number of fused-ring (bicyclic) bond motifs is 1. The fourth-order valence-electron chi connectivity index (χ4n) is 3.42. The molecule has 0 fully saturated rings. The Kier molecular flexibility index (Phi) is 4.55. The van der Waals surface area contributed by atoms with Gasteiger partial charge in [-0.05, 0) is 25.5 Å². The van der Waals surface area contributed by atoms with E-state index < -0.39 is 12.1 Å². The number of nitrogens with two attached hydrogens (primary N) is 1. The lowest BCUT2D eigenvalue weighted by Crippen LogP contribution is -2.28. The molecule has 1 unspecified atom stereocenters. The van der Waals surface area contributed by atoms with Crippen molar-refractivity contribution in [2.75, 3.05) is 17.7 Å².